The van der Waals surface area contributed by atoms with Crippen LogP contribution in [0.15, 0.2) is 54.7 Å². The van der Waals surface area contributed by atoms with Crippen LogP contribution in [0.4, 0.5) is 0 Å². The molecule has 0 aliphatic heterocycles. The molecule has 3 heterocycles. The average Bonchev–Trinajstić information content (AvgIpc) is 4.13. The van der Waals surface area contributed by atoms with E-state index in [2.05, 4.69) is 62.5 Å². The second-order valence-electron chi connectivity index (χ2n) is 16.7. The second kappa shape index (κ2) is 27.8. The van der Waals surface area contributed by atoms with Crippen LogP contribution in [-0.4, -0.2) is 163 Å². The number of hydrogen-bond donors (Lipinski definition) is 15. The number of hydrogen-bond acceptors (Lipinski definition) is 16. The fourth-order valence-electron chi connectivity index (χ4n) is 6.94. The standard InChI is InChI=1S/C44H62N14O12S/c1-22(46)38(63)55-32(14-27-16-48-21-52-27)40(65)56-31(13-26-15-47-20-51-26)39(64)50-17-34(61)49-18-35(62)53-30(12-25-19-71-33-10-5-4-8-28(25)33)41(66)57-37(24(3)60)43(68)58-36(23(2)59)42(67)54-29(44(69)70)9-6-7-11-45/h4-5,8,10,15-16,19-24,29-32,36-37,59-60H,6-7,9,11-14,17-18,45-46H2,1-3H3,(H,47,51)(H,48,52)(H,49,61)(H,50,64)(H,53,62)(H,54,67)(H,55,63)(H,56,65)(H,57,66)(H,58,68)(H,69,70)/t22-,23+,24+,29-,30-,31-,32-,36-,37-/m0/s1. The van der Waals surface area contributed by atoms with Crippen molar-refractivity contribution in [2.24, 2.45) is 11.5 Å². The minimum absolute atomic E-state index is 0.0153. The number of nitrogens with zero attached hydrogens (tertiary/aromatic N) is 2. The van der Waals surface area contributed by atoms with Crippen LogP contribution in [0, 0.1) is 0 Å². The summed E-state index contributed by atoms with van der Waals surface area (Å²) in [6.45, 7) is 2.68. The van der Waals surface area contributed by atoms with Gasteiger partial charge in [0.1, 0.15) is 36.3 Å². The summed E-state index contributed by atoms with van der Waals surface area (Å²) in [6, 6.07) is -2.49. The van der Waals surface area contributed by atoms with Gasteiger partial charge >= 0.3 is 5.97 Å². The minimum Gasteiger partial charge on any atom is -0.480 e. The number of nitrogens with one attached hydrogen (secondary N) is 10. The van der Waals surface area contributed by atoms with Crippen molar-refractivity contribution >= 4 is 74.6 Å². The van der Waals surface area contributed by atoms with E-state index in [1.165, 1.54) is 57.2 Å². The number of amides is 8. The lowest BCUT2D eigenvalue weighted by molar-refractivity contribution is -0.143. The number of carbonyl (C=O) groups is 9. The first-order chi connectivity index (χ1) is 33.8. The van der Waals surface area contributed by atoms with Gasteiger partial charge in [0.25, 0.3) is 0 Å². The lowest BCUT2D eigenvalue weighted by atomic mass is 10.0. The molecule has 0 spiro atoms. The highest BCUT2D eigenvalue weighted by Crippen LogP contribution is 2.26. The van der Waals surface area contributed by atoms with E-state index in [9.17, 15) is 58.5 Å². The Bertz CT molecular complexity index is 2430. The molecule has 8 amide bonds. The van der Waals surface area contributed by atoms with Gasteiger partial charge in [0.05, 0.1) is 44.0 Å². The van der Waals surface area contributed by atoms with Crippen molar-refractivity contribution in [1.29, 1.82) is 0 Å². The molecule has 71 heavy (non-hydrogen) atoms. The van der Waals surface area contributed by atoms with Gasteiger partial charge in [-0.05, 0) is 69.0 Å². The highest BCUT2D eigenvalue weighted by Gasteiger charge is 2.36. The molecule has 386 valence electrons. The number of carboxylic acids is 1. The number of benzene rings is 1. The van der Waals surface area contributed by atoms with Gasteiger partial charge < -0.3 is 79.3 Å². The molecule has 27 heteroatoms. The largest absolute Gasteiger partial charge is 0.480 e. The molecule has 0 saturated carbocycles. The molecule has 4 rings (SSSR count). The van der Waals surface area contributed by atoms with Crippen molar-refractivity contribution in [2.45, 2.75) is 114 Å². The first-order valence-electron chi connectivity index (χ1n) is 22.6. The predicted octanol–water partition coefficient (Wildman–Crippen LogP) is -4.16. The van der Waals surface area contributed by atoms with E-state index in [0.29, 0.717) is 36.3 Å². The number of thiophene rings is 1. The number of unbranched alkanes of at least 4 members (excludes halogenated alkanes) is 1. The Morgan fingerprint density at radius 1 is 0.634 bits per heavy atom. The molecule has 0 unspecified atom stereocenters. The third-order valence-corrected chi connectivity index (χ3v) is 11.8. The molecule has 4 aromatic rings. The van der Waals surface area contributed by atoms with Crippen LogP contribution in [-0.2, 0) is 62.4 Å². The SMILES string of the molecule is C[C@H](N)C(=O)N[C@@H](Cc1cnc[nH]1)C(=O)N[C@@H](Cc1cnc[nH]1)C(=O)NCC(=O)NCC(=O)N[C@@H](Cc1csc2ccccc12)C(=O)N[C@H](C(=O)N[C@H](C(=O)N[C@@H](CCCCN)C(=O)O)[C@@H](C)O)[C@@H](C)O. The number of rotatable bonds is 29. The summed E-state index contributed by atoms with van der Waals surface area (Å²) < 4.78 is 0.865. The number of aromatic amines is 2. The Morgan fingerprint density at radius 3 is 1.72 bits per heavy atom. The van der Waals surface area contributed by atoms with E-state index in [1.807, 2.05) is 12.1 Å². The molecule has 9 atom stereocenters. The zero-order valence-electron chi connectivity index (χ0n) is 39.2. The lowest BCUT2D eigenvalue weighted by Crippen LogP contribution is -2.62. The van der Waals surface area contributed by atoms with E-state index in [4.69, 9.17) is 11.5 Å². The van der Waals surface area contributed by atoms with Crippen molar-refractivity contribution in [3.8, 4) is 0 Å². The van der Waals surface area contributed by atoms with Crippen molar-refractivity contribution in [3.05, 3.63) is 71.6 Å². The lowest BCUT2D eigenvalue weighted by Gasteiger charge is -2.28. The Balaban J connectivity index is 1.43. The highest BCUT2D eigenvalue weighted by atomic mass is 32.1. The number of aliphatic carboxylic acids is 1. The van der Waals surface area contributed by atoms with E-state index in [-0.39, 0.29) is 25.7 Å². The monoisotopic (exact) mass is 1010 g/mol. The molecule has 0 aliphatic carbocycles. The predicted molar refractivity (Wildman–Crippen MR) is 255 cm³/mol. The van der Waals surface area contributed by atoms with Crippen molar-refractivity contribution in [1.82, 2.24) is 62.5 Å². The third-order valence-electron chi connectivity index (χ3n) is 10.8. The molecule has 0 radical (unpaired) electrons. The zero-order chi connectivity index (χ0) is 52.2. The molecule has 17 N–H and O–H groups in total. The van der Waals surface area contributed by atoms with Gasteiger partial charge in [0.2, 0.25) is 47.3 Å². The summed E-state index contributed by atoms with van der Waals surface area (Å²) in [7, 11) is 0. The summed E-state index contributed by atoms with van der Waals surface area (Å²) in [4.78, 5) is 132. The maximum atomic E-state index is 14.0. The van der Waals surface area contributed by atoms with Crippen molar-refractivity contribution in [3.63, 3.8) is 0 Å². The van der Waals surface area contributed by atoms with Crippen LogP contribution >= 0.6 is 11.3 Å². The Hall–Kier alpha value is -7.33. The van der Waals surface area contributed by atoms with Crippen LogP contribution in [0.2, 0.25) is 0 Å². The van der Waals surface area contributed by atoms with Crippen molar-refractivity contribution in [2.75, 3.05) is 19.6 Å². The molecule has 3 aromatic heterocycles. The number of aliphatic hydroxyl groups excluding tert-OH is 2. The van der Waals surface area contributed by atoms with Gasteiger partial charge in [-0.1, -0.05) is 18.2 Å². The van der Waals surface area contributed by atoms with E-state index in [0.717, 1.165) is 10.1 Å². The fraction of sp³-hybridized carbons (Fsp3) is 0.477. The Morgan fingerprint density at radius 2 is 1.15 bits per heavy atom. The summed E-state index contributed by atoms with van der Waals surface area (Å²) in [5, 5.41) is 52.7. The summed E-state index contributed by atoms with van der Waals surface area (Å²) in [6.07, 6.45) is 3.04. The maximum Gasteiger partial charge on any atom is 0.326 e. The number of carboxylic acid groups (broad SMARTS) is 1. The third kappa shape index (κ3) is 17.9. The summed E-state index contributed by atoms with van der Waals surface area (Å²) >= 11 is 1.37. The smallest absolute Gasteiger partial charge is 0.326 e. The van der Waals surface area contributed by atoms with Crippen LogP contribution in [0.25, 0.3) is 10.1 Å². The molecular weight excluding hydrogens is 949 g/mol. The first-order valence-corrected chi connectivity index (χ1v) is 23.5. The van der Waals surface area contributed by atoms with Crippen LogP contribution < -0.4 is 54.0 Å². The number of aliphatic hydroxyl groups is 2. The van der Waals surface area contributed by atoms with Gasteiger partial charge in [0.15, 0.2) is 0 Å². The molecular formula is C44H62N14O12S. The number of aromatic nitrogens is 4. The molecule has 0 fully saturated rings. The topological polar surface area (TPSA) is 420 Å². The fourth-order valence-corrected chi connectivity index (χ4v) is 7.92. The first kappa shape index (κ1) is 56.3. The number of imidazole rings is 2. The summed E-state index contributed by atoms with van der Waals surface area (Å²) in [5.41, 5.74) is 12.8. The van der Waals surface area contributed by atoms with E-state index < -0.39 is 121 Å². The second-order valence-corrected chi connectivity index (χ2v) is 17.6. The number of fused-ring (bicyclic) bond motifs is 1. The van der Waals surface area contributed by atoms with Gasteiger partial charge in [-0.2, -0.15) is 0 Å². The summed E-state index contributed by atoms with van der Waals surface area (Å²) in [5.74, 6) is -8.42. The van der Waals surface area contributed by atoms with E-state index >= 15 is 0 Å². The zero-order valence-corrected chi connectivity index (χ0v) is 40.0. The molecule has 1 aromatic carbocycles. The molecule has 26 nitrogen and oxygen atoms in total. The van der Waals surface area contributed by atoms with Crippen molar-refractivity contribution < 1.29 is 58.5 Å². The van der Waals surface area contributed by atoms with Gasteiger partial charge in [-0.3, -0.25) is 38.4 Å². The highest BCUT2D eigenvalue weighted by molar-refractivity contribution is 7.17. The van der Waals surface area contributed by atoms with Gasteiger partial charge in [0, 0.05) is 47.7 Å². The van der Waals surface area contributed by atoms with Crippen LogP contribution in [0.5, 0.6) is 0 Å². The van der Waals surface area contributed by atoms with E-state index in [1.54, 1.807) is 17.5 Å². The minimum atomic E-state index is -1.77. The quantitative estimate of drug-likeness (QED) is 0.0230. The molecule has 0 saturated heterocycles. The maximum absolute atomic E-state index is 14.0. The number of H-pyrrole nitrogens is 2. The molecule has 0 aliphatic rings. The number of nitrogens with two attached hydrogens (primary N) is 2. The normalized spacial score (nSPS) is 15.0. The van der Waals surface area contributed by atoms with Gasteiger partial charge in [-0.15, -0.1) is 11.3 Å². The van der Waals surface area contributed by atoms with Crippen LogP contribution in [0.1, 0.15) is 57.0 Å². The number of carbonyl (C=O) groups excluding carboxylic acids is 8. The van der Waals surface area contributed by atoms with Gasteiger partial charge in [-0.25, -0.2) is 14.8 Å². The average molecular weight is 1010 g/mol. The molecule has 0 bridgehead atoms. The van der Waals surface area contributed by atoms with Crippen LogP contribution in [0.3, 0.4) is 0 Å². The Labute approximate surface area is 411 Å². The Kier molecular flexibility index (Phi) is 22.0.